The van der Waals surface area contributed by atoms with E-state index in [1.54, 1.807) is 24.3 Å². The highest BCUT2D eigenvalue weighted by molar-refractivity contribution is 5.66. The number of aliphatic hydroxyl groups excluding tert-OH is 1. The van der Waals surface area contributed by atoms with Gasteiger partial charge in [0.2, 0.25) is 0 Å². The van der Waals surface area contributed by atoms with Crippen LogP contribution in [0.4, 0.5) is 0 Å². The van der Waals surface area contributed by atoms with Gasteiger partial charge in [0.25, 0.3) is 0 Å². The predicted molar refractivity (Wildman–Crippen MR) is 79.1 cm³/mol. The van der Waals surface area contributed by atoms with Crippen molar-refractivity contribution in [2.75, 3.05) is 0 Å². The number of carboxylic acid groups (broad SMARTS) is 1. The molecule has 0 aromatic heterocycles. The minimum Gasteiger partial charge on any atom is -0.481 e. The van der Waals surface area contributed by atoms with E-state index in [2.05, 4.69) is 13.0 Å². The smallest absolute Gasteiger partial charge is 0.303 e. The maximum Gasteiger partial charge on any atom is 0.303 e. The van der Waals surface area contributed by atoms with Gasteiger partial charge in [0.05, 0.1) is 6.10 Å². The summed E-state index contributed by atoms with van der Waals surface area (Å²) in [4.78, 5) is 10.3. The van der Waals surface area contributed by atoms with E-state index in [4.69, 9.17) is 5.11 Å². The topological polar surface area (TPSA) is 57.5 Å². The van der Waals surface area contributed by atoms with Crippen molar-refractivity contribution in [2.24, 2.45) is 0 Å². The van der Waals surface area contributed by atoms with Gasteiger partial charge < -0.3 is 10.2 Å². The van der Waals surface area contributed by atoms with Crippen LogP contribution < -0.4 is 0 Å². The van der Waals surface area contributed by atoms with Gasteiger partial charge in [0, 0.05) is 6.42 Å². The first-order valence-electron chi connectivity index (χ1n) is 7.05. The summed E-state index contributed by atoms with van der Waals surface area (Å²) in [5.74, 6) is -0.790. The van der Waals surface area contributed by atoms with Crippen molar-refractivity contribution in [3.05, 3.63) is 36.5 Å². The highest BCUT2D eigenvalue weighted by atomic mass is 16.4. The first-order valence-corrected chi connectivity index (χ1v) is 7.05. The Bertz CT molecular complexity index is 303. The second-order valence-corrected chi connectivity index (χ2v) is 4.52. The van der Waals surface area contributed by atoms with Crippen LogP contribution in [0.3, 0.4) is 0 Å². The first kappa shape index (κ1) is 17.6. The van der Waals surface area contributed by atoms with Crippen LogP contribution in [0.15, 0.2) is 36.5 Å². The van der Waals surface area contributed by atoms with E-state index in [1.165, 1.54) is 19.3 Å². The standard InChI is InChI=1S/C16H26O3/c1-2-3-4-5-6-9-12-15(17)13-10-7-8-11-14-16(18)19/h6-10,13,15,17H,2-5,11-12,14H2,1H3,(H,18,19)/b8-7+,9-6-,13-10-/t15-/m1/s1. The molecule has 0 aliphatic carbocycles. The minimum atomic E-state index is -0.790. The number of carboxylic acids is 1. The molecule has 0 radical (unpaired) electrons. The number of aliphatic carboxylic acids is 1. The quantitative estimate of drug-likeness (QED) is 0.339. The Kier molecular flexibility index (Phi) is 12.2. The van der Waals surface area contributed by atoms with Gasteiger partial charge in [-0.1, -0.05) is 56.2 Å². The molecule has 0 saturated heterocycles. The van der Waals surface area contributed by atoms with Gasteiger partial charge in [-0.05, 0) is 25.7 Å². The van der Waals surface area contributed by atoms with Crippen LogP contribution >= 0.6 is 0 Å². The van der Waals surface area contributed by atoms with E-state index in [9.17, 15) is 9.90 Å². The molecule has 0 saturated carbocycles. The summed E-state index contributed by atoms with van der Waals surface area (Å²) < 4.78 is 0. The molecule has 0 aromatic rings. The molecule has 0 aliphatic rings. The summed E-state index contributed by atoms with van der Waals surface area (Å²) in [5, 5.41) is 18.1. The largest absolute Gasteiger partial charge is 0.481 e. The summed E-state index contributed by atoms with van der Waals surface area (Å²) >= 11 is 0. The van der Waals surface area contributed by atoms with Gasteiger partial charge in [0.1, 0.15) is 0 Å². The highest BCUT2D eigenvalue weighted by Gasteiger charge is 1.93. The maximum atomic E-state index is 10.3. The number of hydrogen-bond donors (Lipinski definition) is 2. The van der Waals surface area contributed by atoms with Gasteiger partial charge in [-0.3, -0.25) is 4.79 Å². The maximum absolute atomic E-state index is 10.3. The molecule has 2 N–H and O–H groups in total. The SMILES string of the molecule is CCCCC/C=C\C[C@@H](O)/C=C\C=C\CCC(=O)O. The van der Waals surface area contributed by atoms with Crippen molar-refractivity contribution in [3.8, 4) is 0 Å². The van der Waals surface area contributed by atoms with Crippen LogP contribution in [0.1, 0.15) is 51.9 Å². The molecule has 19 heavy (non-hydrogen) atoms. The average molecular weight is 266 g/mol. The van der Waals surface area contributed by atoms with E-state index < -0.39 is 12.1 Å². The van der Waals surface area contributed by atoms with E-state index in [0.29, 0.717) is 12.8 Å². The third-order valence-electron chi connectivity index (χ3n) is 2.62. The van der Waals surface area contributed by atoms with Gasteiger partial charge in [-0.2, -0.15) is 0 Å². The zero-order chi connectivity index (χ0) is 14.3. The zero-order valence-electron chi connectivity index (χ0n) is 11.8. The fourth-order valence-corrected chi connectivity index (χ4v) is 1.52. The molecule has 3 heteroatoms. The highest BCUT2D eigenvalue weighted by Crippen LogP contribution is 2.02. The molecular formula is C16H26O3. The monoisotopic (exact) mass is 266 g/mol. The van der Waals surface area contributed by atoms with Crippen molar-refractivity contribution in [1.82, 2.24) is 0 Å². The van der Waals surface area contributed by atoms with E-state index >= 15 is 0 Å². The molecule has 0 aliphatic heterocycles. The molecule has 108 valence electrons. The van der Waals surface area contributed by atoms with Gasteiger partial charge in [-0.25, -0.2) is 0 Å². The molecule has 0 amide bonds. The lowest BCUT2D eigenvalue weighted by atomic mass is 10.1. The van der Waals surface area contributed by atoms with E-state index in [1.807, 2.05) is 6.08 Å². The van der Waals surface area contributed by atoms with Crippen LogP contribution in [0.2, 0.25) is 0 Å². The Morgan fingerprint density at radius 1 is 1.11 bits per heavy atom. The Labute approximate surface area is 116 Å². The van der Waals surface area contributed by atoms with Crippen molar-refractivity contribution >= 4 is 5.97 Å². The Balaban J connectivity index is 3.61. The Morgan fingerprint density at radius 3 is 2.58 bits per heavy atom. The lowest BCUT2D eigenvalue weighted by molar-refractivity contribution is -0.136. The fraction of sp³-hybridized carbons (Fsp3) is 0.562. The molecule has 0 fully saturated rings. The number of carbonyl (C=O) groups is 1. The number of unbranched alkanes of at least 4 members (excludes halogenated alkanes) is 3. The molecule has 3 nitrogen and oxygen atoms in total. The Morgan fingerprint density at radius 2 is 1.89 bits per heavy atom. The third-order valence-corrected chi connectivity index (χ3v) is 2.62. The summed E-state index contributed by atoms with van der Waals surface area (Å²) in [6.07, 6.45) is 16.8. The average Bonchev–Trinajstić information content (AvgIpc) is 2.37. The molecule has 0 rings (SSSR count). The van der Waals surface area contributed by atoms with Crippen LogP contribution in [-0.4, -0.2) is 22.3 Å². The van der Waals surface area contributed by atoms with E-state index in [-0.39, 0.29) is 6.42 Å². The summed E-state index contributed by atoms with van der Waals surface area (Å²) in [6.45, 7) is 2.18. The van der Waals surface area contributed by atoms with Crippen molar-refractivity contribution in [2.45, 2.75) is 58.0 Å². The number of rotatable bonds is 11. The van der Waals surface area contributed by atoms with Gasteiger partial charge in [0.15, 0.2) is 0 Å². The van der Waals surface area contributed by atoms with Crippen LogP contribution in [0.5, 0.6) is 0 Å². The number of allylic oxidation sites excluding steroid dienone is 4. The van der Waals surface area contributed by atoms with Crippen LogP contribution in [0, 0.1) is 0 Å². The summed E-state index contributed by atoms with van der Waals surface area (Å²) in [7, 11) is 0. The van der Waals surface area contributed by atoms with E-state index in [0.717, 1.165) is 6.42 Å². The van der Waals surface area contributed by atoms with Crippen LogP contribution in [-0.2, 0) is 4.79 Å². The van der Waals surface area contributed by atoms with Crippen molar-refractivity contribution in [3.63, 3.8) is 0 Å². The molecule has 0 heterocycles. The lowest BCUT2D eigenvalue weighted by Gasteiger charge is -1.99. The molecule has 1 atom stereocenters. The molecule has 0 bridgehead atoms. The molecule has 0 aromatic carbocycles. The molecule has 0 unspecified atom stereocenters. The first-order chi connectivity index (χ1) is 9.16. The summed E-state index contributed by atoms with van der Waals surface area (Å²) in [6, 6.07) is 0. The summed E-state index contributed by atoms with van der Waals surface area (Å²) in [5.41, 5.74) is 0. The zero-order valence-corrected chi connectivity index (χ0v) is 11.8. The second-order valence-electron chi connectivity index (χ2n) is 4.52. The number of aliphatic hydroxyl groups is 1. The third kappa shape index (κ3) is 14.6. The predicted octanol–water partition coefficient (Wildman–Crippen LogP) is 3.85. The molecular weight excluding hydrogens is 240 g/mol. The minimum absolute atomic E-state index is 0.146. The second kappa shape index (κ2) is 13.1. The fourth-order valence-electron chi connectivity index (χ4n) is 1.52. The van der Waals surface area contributed by atoms with Crippen LogP contribution in [0.25, 0.3) is 0 Å². The van der Waals surface area contributed by atoms with Crippen molar-refractivity contribution in [1.29, 1.82) is 0 Å². The Hall–Kier alpha value is -1.35. The van der Waals surface area contributed by atoms with Gasteiger partial charge >= 0.3 is 5.97 Å². The van der Waals surface area contributed by atoms with Gasteiger partial charge in [-0.15, -0.1) is 0 Å². The lowest BCUT2D eigenvalue weighted by Crippen LogP contribution is -1.98. The van der Waals surface area contributed by atoms with Crippen molar-refractivity contribution < 1.29 is 15.0 Å². The normalized spacial score (nSPS) is 13.8. The molecule has 0 spiro atoms. The number of hydrogen-bond acceptors (Lipinski definition) is 2.